The summed E-state index contributed by atoms with van der Waals surface area (Å²) < 4.78 is 5.69. The Hall–Kier alpha value is -1.92. The molecule has 0 aromatic heterocycles. The first-order chi connectivity index (χ1) is 14.1. The van der Waals surface area contributed by atoms with E-state index in [2.05, 4.69) is 17.1 Å². The van der Waals surface area contributed by atoms with Crippen molar-refractivity contribution in [3.63, 3.8) is 0 Å². The third-order valence-electron chi connectivity index (χ3n) is 6.27. The number of hydrogen-bond acceptors (Lipinski definition) is 4. The van der Waals surface area contributed by atoms with Gasteiger partial charge in [0.15, 0.2) is 0 Å². The lowest BCUT2D eigenvalue weighted by Crippen LogP contribution is -2.55. The number of piperidine rings is 2. The van der Waals surface area contributed by atoms with Crippen molar-refractivity contribution in [3.05, 3.63) is 35.9 Å². The second-order valence-electron chi connectivity index (χ2n) is 8.39. The molecule has 1 aromatic carbocycles. The summed E-state index contributed by atoms with van der Waals surface area (Å²) in [6, 6.07) is 9.32. The first-order valence-electron chi connectivity index (χ1n) is 11.0. The molecule has 1 aromatic rings. The number of carbonyl (C=O) groups is 2. The zero-order valence-electron chi connectivity index (χ0n) is 17.8. The first-order valence-corrected chi connectivity index (χ1v) is 11.0. The van der Waals surface area contributed by atoms with Crippen molar-refractivity contribution in [1.82, 2.24) is 15.1 Å². The van der Waals surface area contributed by atoms with Crippen molar-refractivity contribution in [2.45, 2.75) is 51.2 Å². The Morgan fingerprint density at radius 1 is 1.14 bits per heavy atom. The number of likely N-dealkylation sites (tertiary alicyclic amines) is 2. The van der Waals surface area contributed by atoms with E-state index in [-0.39, 0.29) is 24.0 Å². The van der Waals surface area contributed by atoms with Gasteiger partial charge in [-0.25, -0.2) is 0 Å². The molecule has 0 aliphatic carbocycles. The maximum atomic E-state index is 12.6. The molecular formula is C23H35N3O3. The Kier molecular flexibility index (Phi) is 8.07. The summed E-state index contributed by atoms with van der Waals surface area (Å²) in [7, 11) is 1.71. The molecule has 3 atom stereocenters. The van der Waals surface area contributed by atoms with E-state index in [9.17, 15) is 9.59 Å². The molecule has 3 rings (SSSR count). The molecular weight excluding hydrogens is 366 g/mol. The monoisotopic (exact) mass is 401 g/mol. The highest BCUT2D eigenvalue weighted by Crippen LogP contribution is 2.18. The van der Waals surface area contributed by atoms with Crippen molar-refractivity contribution < 1.29 is 14.3 Å². The fraction of sp³-hybridized carbons (Fsp3) is 0.652. The molecule has 0 bridgehead atoms. The fourth-order valence-corrected chi connectivity index (χ4v) is 4.35. The van der Waals surface area contributed by atoms with E-state index in [1.54, 1.807) is 7.11 Å². The van der Waals surface area contributed by atoms with E-state index < -0.39 is 0 Å². The van der Waals surface area contributed by atoms with Crippen LogP contribution in [0.4, 0.5) is 0 Å². The molecule has 2 aliphatic rings. The van der Waals surface area contributed by atoms with Gasteiger partial charge >= 0.3 is 0 Å². The van der Waals surface area contributed by atoms with E-state index in [4.69, 9.17) is 4.74 Å². The smallest absolute Gasteiger partial charge is 0.251 e. The van der Waals surface area contributed by atoms with Gasteiger partial charge in [0.2, 0.25) is 5.91 Å². The van der Waals surface area contributed by atoms with Crippen LogP contribution in [0.1, 0.15) is 49.4 Å². The summed E-state index contributed by atoms with van der Waals surface area (Å²) in [6.45, 7) is 6.46. The molecule has 29 heavy (non-hydrogen) atoms. The molecule has 160 valence electrons. The van der Waals surface area contributed by atoms with Gasteiger partial charge in [0.25, 0.3) is 5.91 Å². The van der Waals surface area contributed by atoms with Crippen molar-refractivity contribution in [2.75, 3.05) is 39.8 Å². The predicted molar refractivity (Wildman–Crippen MR) is 114 cm³/mol. The highest BCUT2D eigenvalue weighted by molar-refractivity contribution is 5.94. The molecule has 2 heterocycles. The van der Waals surface area contributed by atoms with Gasteiger partial charge < -0.3 is 19.9 Å². The predicted octanol–water partition coefficient (Wildman–Crippen LogP) is 2.54. The van der Waals surface area contributed by atoms with Crippen molar-refractivity contribution in [1.29, 1.82) is 0 Å². The van der Waals surface area contributed by atoms with Crippen LogP contribution in [0.5, 0.6) is 0 Å². The number of nitrogens with one attached hydrogen (secondary N) is 1. The minimum absolute atomic E-state index is 0.0105. The summed E-state index contributed by atoms with van der Waals surface area (Å²) in [4.78, 5) is 29.5. The van der Waals surface area contributed by atoms with Gasteiger partial charge in [0, 0.05) is 44.8 Å². The SMILES string of the molecule is COC1CN(CCC(C)C(=O)N2CCCCC2)CCC1NC(=O)c1ccccc1. The van der Waals surface area contributed by atoms with Crippen molar-refractivity contribution in [3.8, 4) is 0 Å². The van der Waals surface area contributed by atoms with Crippen LogP contribution in [0.15, 0.2) is 30.3 Å². The summed E-state index contributed by atoms with van der Waals surface area (Å²) in [6.07, 6.45) is 5.20. The van der Waals surface area contributed by atoms with Crippen LogP contribution >= 0.6 is 0 Å². The van der Waals surface area contributed by atoms with Gasteiger partial charge in [-0.05, 0) is 50.8 Å². The summed E-state index contributed by atoms with van der Waals surface area (Å²) in [5.41, 5.74) is 0.676. The Morgan fingerprint density at radius 3 is 2.55 bits per heavy atom. The van der Waals surface area contributed by atoms with Gasteiger partial charge in [-0.2, -0.15) is 0 Å². The molecule has 6 nitrogen and oxygen atoms in total. The number of hydrogen-bond donors (Lipinski definition) is 1. The largest absolute Gasteiger partial charge is 0.378 e. The van der Waals surface area contributed by atoms with Crippen LogP contribution in [0.2, 0.25) is 0 Å². The van der Waals surface area contributed by atoms with Gasteiger partial charge in [-0.1, -0.05) is 25.1 Å². The second kappa shape index (κ2) is 10.7. The van der Waals surface area contributed by atoms with Crippen LogP contribution in [0.25, 0.3) is 0 Å². The van der Waals surface area contributed by atoms with Crippen LogP contribution in [0.3, 0.4) is 0 Å². The molecule has 2 aliphatic heterocycles. The van der Waals surface area contributed by atoms with Crippen molar-refractivity contribution in [2.24, 2.45) is 5.92 Å². The number of ether oxygens (including phenoxy) is 1. The Balaban J connectivity index is 1.45. The molecule has 2 amide bonds. The fourth-order valence-electron chi connectivity index (χ4n) is 4.35. The van der Waals surface area contributed by atoms with Crippen LogP contribution < -0.4 is 5.32 Å². The minimum atomic E-state index is -0.0492. The van der Waals surface area contributed by atoms with E-state index in [0.717, 1.165) is 58.4 Å². The highest BCUT2D eigenvalue weighted by atomic mass is 16.5. The Labute approximate surface area is 174 Å². The number of rotatable bonds is 7. The molecule has 6 heteroatoms. The van der Waals surface area contributed by atoms with E-state index in [1.165, 1.54) is 6.42 Å². The number of methoxy groups -OCH3 is 1. The van der Waals surface area contributed by atoms with Crippen LogP contribution in [-0.4, -0.2) is 73.6 Å². The molecule has 0 saturated carbocycles. The average molecular weight is 402 g/mol. The quantitative estimate of drug-likeness (QED) is 0.763. The number of amides is 2. The third kappa shape index (κ3) is 6.03. The molecule has 3 unspecified atom stereocenters. The van der Waals surface area contributed by atoms with E-state index in [0.29, 0.717) is 11.5 Å². The lowest BCUT2D eigenvalue weighted by Gasteiger charge is -2.38. The first kappa shape index (κ1) is 21.8. The number of carbonyl (C=O) groups excluding carboxylic acids is 2. The normalized spacial score (nSPS) is 24.1. The third-order valence-corrected chi connectivity index (χ3v) is 6.27. The van der Waals surface area contributed by atoms with Crippen molar-refractivity contribution >= 4 is 11.8 Å². The Bertz CT molecular complexity index is 661. The summed E-state index contributed by atoms with van der Waals surface area (Å²) in [5, 5.41) is 3.13. The highest BCUT2D eigenvalue weighted by Gasteiger charge is 2.31. The lowest BCUT2D eigenvalue weighted by atomic mass is 9.99. The molecule has 2 fully saturated rings. The van der Waals surface area contributed by atoms with Gasteiger partial charge in [0.1, 0.15) is 0 Å². The van der Waals surface area contributed by atoms with Gasteiger partial charge in [-0.3, -0.25) is 9.59 Å². The summed E-state index contributed by atoms with van der Waals surface area (Å²) in [5.74, 6) is 0.314. The minimum Gasteiger partial charge on any atom is -0.378 e. The summed E-state index contributed by atoms with van der Waals surface area (Å²) >= 11 is 0. The lowest BCUT2D eigenvalue weighted by molar-refractivity contribution is -0.136. The van der Waals surface area contributed by atoms with Crippen LogP contribution in [0, 0.1) is 5.92 Å². The molecule has 0 radical (unpaired) electrons. The maximum Gasteiger partial charge on any atom is 0.251 e. The van der Waals surface area contributed by atoms with Gasteiger partial charge in [-0.15, -0.1) is 0 Å². The zero-order valence-corrected chi connectivity index (χ0v) is 17.8. The standard InChI is InChI=1S/C23H35N3O3/c1-18(23(28)26-13-7-4-8-14-26)11-15-25-16-12-20(21(17-25)29-2)24-22(27)19-9-5-3-6-10-19/h3,5-6,9-10,18,20-21H,4,7-8,11-17H2,1-2H3,(H,24,27). The van der Waals surface area contributed by atoms with Crippen LogP contribution in [-0.2, 0) is 9.53 Å². The topological polar surface area (TPSA) is 61.9 Å². The second-order valence-corrected chi connectivity index (χ2v) is 8.39. The maximum absolute atomic E-state index is 12.6. The van der Waals surface area contributed by atoms with Gasteiger partial charge in [0.05, 0.1) is 12.1 Å². The molecule has 1 N–H and O–H groups in total. The number of nitrogens with zero attached hydrogens (tertiary/aromatic N) is 2. The van der Waals surface area contributed by atoms with E-state index >= 15 is 0 Å². The zero-order chi connectivity index (χ0) is 20.6. The number of benzene rings is 1. The average Bonchev–Trinajstić information content (AvgIpc) is 2.78. The molecule has 0 spiro atoms. The Morgan fingerprint density at radius 2 is 1.86 bits per heavy atom. The molecule has 2 saturated heterocycles. The van der Waals surface area contributed by atoms with E-state index in [1.807, 2.05) is 35.2 Å².